The summed E-state index contributed by atoms with van der Waals surface area (Å²) in [6.45, 7) is 4.96. The van der Waals surface area contributed by atoms with Gasteiger partial charge in [0.1, 0.15) is 0 Å². The van der Waals surface area contributed by atoms with Crippen LogP contribution in [0.2, 0.25) is 0 Å². The number of aliphatic hydroxyl groups is 2. The lowest BCUT2D eigenvalue weighted by atomic mass is 10.0. The van der Waals surface area contributed by atoms with Crippen LogP contribution in [0.1, 0.15) is 348 Å². The molecule has 0 aliphatic heterocycles. The van der Waals surface area contributed by atoms with E-state index in [2.05, 4.69) is 31.3 Å². The molecule has 2 atom stereocenters. The lowest BCUT2D eigenvalue weighted by molar-refractivity contribution is -0.143. The normalized spacial score (nSPS) is 12.6. The Bertz CT molecular complexity index is 1020. The number of allylic oxidation sites excluding steroid dienone is 2. The highest BCUT2D eigenvalue weighted by molar-refractivity contribution is 5.76. The monoisotopic (exact) mass is 960 g/mol. The van der Waals surface area contributed by atoms with E-state index in [0.29, 0.717) is 25.9 Å². The van der Waals surface area contributed by atoms with E-state index in [9.17, 15) is 19.8 Å². The highest BCUT2D eigenvalue weighted by Crippen LogP contribution is 2.18. The van der Waals surface area contributed by atoms with Crippen molar-refractivity contribution in [1.82, 2.24) is 5.32 Å². The van der Waals surface area contributed by atoms with Gasteiger partial charge in [-0.05, 0) is 51.4 Å². The van der Waals surface area contributed by atoms with Crippen molar-refractivity contribution < 1.29 is 24.5 Å². The van der Waals surface area contributed by atoms with Crippen molar-refractivity contribution in [2.45, 2.75) is 360 Å². The molecule has 0 spiro atoms. The Labute approximate surface area is 425 Å². The van der Waals surface area contributed by atoms with Crippen LogP contribution in [0.3, 0.4) is 0 Å². The summed E-state index contributed by atoms with van der Waals surface area (Å²) in [5.74, 6) is -0.0461. The summed E-state index contributed by atoms with van der Waals surface area (Å²) in [6, 6.07) is -0.550. The Morgan fingerprint density at radius 1 is 0.397 bits per heavy atom. The van der Waals surface area contributed by atoms with Gasteiger partial charge in [0.25, 0.3) is 0 Å². The Balaban J connectivity index is 3.42. The molecule has 0 aliphatic carbocycles. The van der Waals surface area contributed by atoms with Crippen LogP contribution in [-0.4, -0.2) is 47.4 Å². The quantitative estimate of drug-likeness (QED) is 0.0321. The minimum absolute atomic E-state index is 0.00429. The largest absolute Gasteiger partial charge is 0.466 e. The zero-order valence-electron chi connectivity index (χ0n) is 46.1. The molecule has 0 fully saturated rings. The molecule has 68 heavy (non-hydrogen) atoms. The number of amides is 1. The van der Waals surface area contributed by atoms with Gasteiger partial charge in [0, 0.05) is 12.8 Å². The first-order valence-corrected chi connectivity index (χ1v) is 30.9. The van der Waals surface area contributed by atoms with Crippen molar-refractivity contribution in [3.8, 4) is 0 Å². The van der Waals surface area contributed by atoms with Gasteiger partial charge in [0.05, 0.1) is 25.4 Å². The van der Waals surface area contributed by atoms with Gasteiger partial charge in [-0.2, -0.15) is 0 Å². The molecule has 6 heteroatoms. The molecule has 0 aromatic rings. The molecule has 0 aromatic carbocycles. The highest BCUT2D eigenvalue weighted by Gasteiger charge is 2.20. The van der Waals surface area contributed by atoms with Crippen molar-refractivity contribution in [3.63, 3.8) is 0 Å². The van der Waals surface area contributed by atoms with Crippen LogP contribution < -0.4 is 5.32 Å². The molecule has 404 valence electrons. The lowest BCUT2D eigenvalue weighted by Gasteiger charge is -2.22. The standard InChI is InChI=1S/C62H121NO5/c1-3-5-7-9-11-13-15-17-19-21-22-23-25-26-30-34-38-42-46-50-54-60(65)59(58-64)63-61(66)55-51-47-43-39-35-31-28-29-33-37-41-45-49-53-57-68-62(67)56-52-48-44-40-36-32-27-24-20-18-16-14-12-10-8-6-4-2/h18,20,59-60,64-65H,3-17,19,21-58H2,1-2H3,(H,63,66)/b20-18-. The highest BCUT2D eigenvalue weighted by atomic mass is 16.5. The minimum Gasteiger partial charge on any atom is -0.466 e. The van der Waals surface area contributed by atoms with Crippen molar-refractivity contribution in [2.75, 3.05) is 13.2 Å². The predicted octanol–water partition coefficient (Wildman–Crippen LogP) is 19.2. The van der Waals surface area contributed by atoms with Gasteiger partial charge in [-0.3, -0.25) is 9.59 Å². The van der Waals surface area contributed by atoms with Crippen molar-refractivity contribution in [2.24, 2.45) is 0 Å². The van der Waals surface area contributed by atoms with Gasteiger partial charge in [0.2, 0.25) is 5.91 Å². The number of unbranched alkanes of at least 4 members (excludes halogenated alkanes) is 45. The molecule has 0 saturated carbocycles. The number of nitrogens with one attached hydrogen (secondary N) is 1. The molecule has 0 aromatic heterocycles. The van der Waals surface area contributed by atoms with Gasteiger partial charge in [-0.15, -0.1) is 0 Å². The Hall–Kier alpha value is -1.40. The second-order valence-electron chi connectivity index (χ2n) is 21.4. The molecular formula is C62H121NO5. The van der Waals surface area contributed by atoms with E-state index >= 15 is 0 Å². The molecular weight excluding hydrogens is 839 g/mol. The van der Waals surface area contributed by atoms with Gasteiger partial charge < -0.3 is 20.3 Å². The van der Waals surface area contributed by atoms with Gasteiger partial charge in [-0.1, -0.05) is 296 Å². The van der Waals surface area contributed by atoms with Crippen LogP contribution in [0.25, 0.3) is 0 Å². The third kappa shape index (κ3) is 53.9. The number of carbonyl (C=O) groups is 2. The molecule has 0 aliphatic rings. The van der Waals surface area contributed by atoms with Crippen LogP contribution in [-0.2, 0) is 14.3 Å². The van der Waals surface area contributed by atoms with E-state index in [1.807, 2.05) is 0 Å². The van der Waals surface area contributed by atoms with E-state index in [4.69, 9.17) is 4.74 Å². The zero-order valence-corrected chi connectivity index (χ0v) is 46.1. The topological polar surface area (TPSA) is 95.9 Å². The van der Waals surface area contributed by atoms with E-state index in [-0.39, 0.29) is 18.5 Å². The Morgan fingerprint density at radius 2 is 0.691 bits per heavy atom. The molecule has 0 heterocycles. The summed E-state index contributed by atoms with van der Waals surface area (Å²) < 4.78 is 5.48. The van der Waals surface area contributed by atoms with Crippen molar-refractivity contribution in [3.05, 3.63) is 12.2 Å². The number of hydrogen-bond donors (Lipinski definition) is 3. The fourth-order valence-electron chi connectivity index (χ4n) is 9.81. The molecule has 0 radical (unpaired) electrons. The number of esters is 1. The maximum Gasteiger partial charge on any atom is 0.305 e. The summed E-state index contributed by atoms with van der Waals surface area (Å²) in [7, 11) is 0. The summed E-state index contributed by atoms with van der Waals surface area (Å²) >= 11 is 0. The zero-order chi connectivity index (χ0) is 49.3. The number of ether oxygens (including phenoxy) is 1. The van der Waals surface area contributed by atoms with Crippen LogP contribution in [0.15, 0.2) is 12.2 Å². The maximum atomic E-state index is 12.5. The van der Waals surface area contributed by atoms with Gasteiger partial charge >= 0.3 is 5.97 Å². The van der Waals surface area contributed by atoms with Crippen LogP contribution in [0.5, 0.6) is 0 Å². The maximum absolute atomic E-state index is 12.5. The van der Waals surface area contributed by atoms with Crippen LogP contribution in [0.4, 0.5) is 0 Å². The molecule has 2 unspecified atom stereocenters. The predicted molar refractivity (Wildman–Crippen MR) is 297 cm³/mol. The van der Waals surface area contributed by atoms with Gasteiger partial charge in [-0.25, -0.2) is 0 Å². The van der Waals surface area contributed by atoms with Crippen molar-refractivity contribution in [1.29, 1.82) is 0 Å². The Kier molecular flexibility index (Phi) is 57.0. The molecule has 3 N–H and O–H groups in total. The fraction of sp³-hybridized carbons (Fsp3) is 0.935. The van der Waals surface area contributed by atoms with Crippen LogP contribution in [0, 0.1) is 0 Å². The first-order valence-electron chi connectivity index (χ1n) is 30.9. The lowest BCUT2D eigenvalue weighted by Crippen LogP contribution is -2.45. The molecule has 6 nitrogen and oxygen atoms in total. The molecule has 0 rings (SSSR count). The van der Waals surface area contributed by atoms with E-state index < -0.39 is 12.1 Å². The summed E-state index contributed by atoms with van der Waals surface area (Å²) in [5, 5.41) is 23.4. The molecule has 0 bridgehead atoms. The minimum atomic E-state index is -0.672. The number of hydrogen-bond acceptors (Lipinski definition) is 5. The van der Waals surface area contributed by atoms with Crippen molar-refractivity contribution >= 4 is 11.9 Å². The number of rotatable bonds is 58. The fourth-order valence-corrected chi connectivity index (χ4v) is 9.81. The number of aliphatic hydroxyl groups excluding tert-OH is 2. The second kappa shape index (κ2) is 58.2. The van der Waals surface area contributed by atoms with E-state index in [0.717, 1.165) is 51.4 Å². The molecule has 0 saturated heterocycles. The van der Waals surface area contributed by atoms with E-state index in [1.54, 1.807) is 0 Å². The third-order valence-electron chi connectivity index (χ3n) is 14.6. The third-order valence-corrected chi connectivity index (χ3v) is 14.6. The van der Waals surface area contributed by atoms with E-state index in [1.165, 1.54) is 263 Å². The van der Waals surface area contributed by atoms with Gasteiger partial charge in [0.15, 0.2) is 0 Å². The van der Waals surface area contributed by atoms with Crippen LogP contribution >= 0.6 is 0 Å². The summed E-state index contributed by atoms with van der Waals surface area (Å²) in [4.78, 5) is 24.6. The average molecular weight is 961 g/mol. The first-order chi connectivity index (χ1) is 33.5. The summed E-state index contributed by atoms with van der Waals surface area (Å²) in [6.07, 6.45) is 69.2. The average Bonchev–Trinajstić information content (AvgIpc) is 3.34. The summed E-state index contributed by atoms with van der Waals surface area (Å²) in [5.41, 5.74) is 0. The Morgan fingerprint density at radius 3 is 1.04 bits per heavy atom. The second-order valence-corrected chi connectivity index (χ2v) is 21.4. The smallest absolute Gasteiger partial charge is 0.305 e. The first kappa shape index (κ1) is 66.6. The number of carbonyl (C=O) groups excluding carboxylic acids is 2. The molecule has 1 amide bonds. The SMILES string of the molecule is CCCCCCCC/C=C\CCCCCCCCCC(=O)OCCCCCCCCCCCCCCCCC(=O)NC(CO)C(O)CCCCCCCCCCCCCCCCCCCCCC.